The second-order valence-corrected chi connectivity index (χ2v) is 5.31. The van der Waals surface area contributed by atoms with Crippen LogP contribution in [0.5, 0.6) is 5.75 Å². The van der Waals surface area contributed by atoms with Crippen LogP contribution in [0, 0.1) is 6.92 Å². The Morgan fingerprint density at radius 3 is 2.38 bits per heavy atom. The second kappa shape index (κ2) is 3.68. The number of aromatic nitrogens is 1. The summed E-state index contributed by atoms with van der Waals surface area (Å²) >= 11 is 0. The zero-order chi connectivity index (χ0) is 11.8. The van der Waals surface area contributed by atoms with Crippen molar-refractivity contribution in [1.82, 2.24) is 3.97 Å². The minimum Gasteiger partial charge on any atom is -0.508 e. The van der Waals surface area contributed by atoms with Crippen molar-refractivity contribution in [3.05, 3.63) is 48.3 Å². The average molecular weight is 237 g/mol. The summed E-state index contributed by atoms with van der Waals surface area (Å²) in [5.74, 6) is 0.0893. The topological polar surface area (TPSA) is 59.3 Å². The van der Waals surface area contributed by atoms with Crippen LogP contribution >= 0.6 is 0 Å². The van der Waals surface area contributed by atoms with E-state index < -0.39 is 10.0 Å². The molecule has 1 heterocycles. The van der Waals surface area contributed by atoms with Crippen LogP contribution in [0.25, 0.3) is 0 Å². The highest BCUT2D eigenvalue weighted by atomic mass is 32.2. The Morgan fingerprint density at radius 2 is 1.81 bits per heavy atom. The van der Waals surface area contributed by atoms with E-state index in [0.29, 0.717) is 5.56 Å². The molecule has 0 saturated heterocycles. The van der Waals surface area contributed by atoms with Gasteiger partial charge in [0.25, 0.3) is 10.0 Å². The Morgan fingerprint density at radius 1 is 1.19 bits per heavy atom. The highest BCUT2D eigenvalue weighted by Gasteiger charge is 2.16. The summed E-state index contributed by atoms with van der Waals surface area (Å²) in [6.45, 7) is 1.66. The van der Waals surface area contributed by atoms with Crippen molar-refractivity contribution in [3.8, 4) is 5.75 Å². The predicted octanol–water partition coefficient (Wildman–Crippen LogP) is 1.74. The Bertz CT molecular complexity index is 600. The molecule has 0 aliphatic heterocycles. The Balaban J connectivity index is 2.57. The fourth-order valence-corrected chi connectivity index (χ4v) is 2.66. The van der Waals surface area contributed by atoms with Crippen molar-refractivity contribution >= 4 is 10.0 Å². The van der Waals surface area contributed by atoms with Gasteiger partial charge in [-0.15, -0.1) is 0 Å². The SMILES string of the molecule is Cc1cc(S(=O)(=O)n2cccc2)ccc1O. The molecule has 0 aliphatic carbocycles. The highest BCUT2D eigenvalue weighted by Crippen LogP contribution is 2.21. The van der Waals surface area contributed by atoms with Crippen LogP contribution in [0.15, 0.2) is 47.6 Å². The van der Waals surface area contributed by atoms with Gasteiger partial charge in [-0.2, -0.15) is 0 Å². The van der Waals surface area contributed by atoms with E-state index in [0.717, 1.165) is 3.97 Å². The van der Waals surface area contributed by atoms with Crippen molar-refractivity contribution in [1.29, 1.82) is 0 Å². The normalized spacial score (nSPS) is 11.6. The van der Waals surface area contributed by atoms with Gasteiger partial charge in [0, 0.05) is 12.4 Å². The lowest BCUT2D eigenvalue weighted by molar-refractivity contribution is 0.470. The van der Waals surface area contributed by atoms with Crippen LogP contribution in [0.3, 0.4) is 0 Å². The van der Waals surface area contributed by atoms with Gasteiger partial charge < -0.3 is 5.11 Å². The lowest BCUT2D eigenvalue weighted by atomic mass is 10.2. The van der Waals surface area contributed by atoms with Gasteiger partial charge in [0.2, 0.25) is 0 Å². The maximum absolute atomic E-state index is 12.0. The Labute approximate surface area is 93.8 Å². The van der Waals surface area contributed by atoms with E-state index in [2.05, 4.69) is 0 Å². The van der Waals surface area contributed by atoms with Crippen molar-refractivity contribution in [2.75, 3.05) is 0 Å². The maximum atomic E-state index is 12.0. The molecule has 1 N–H and O–H groups in total. The number of rotatable bonds is 2. The lowest BCUT2D eigenvalue weighted by Gasteiger charge is -2.07. The maximum Gasteiger partial charge on any atom is 0.267 e. The summed E-state index contributed by atoms with van der Waals surface area (Å²) in [5.41, 5.74) is 0.535. The Kier molecular flexibility index (Phi) is 2.47. The van der Waals surface area contributed by atoms with Crippen LogP contribution in [0.2, 0.25) is 0 Å². The fraction of sp³-hybridized carbons (Fsp3) is 0.0909. The minimum absolute atomic E-state index is 0.0893. The second-order valence-electron chi connectivity index (χ2n) is 3.47. The quantitative estimate of drug-likeness (QED) is 0.865. The van der Waals surface area contributed by atoms with E-state index in [1.54, 1.807) is 19.1 Å². The molecule has 0 saturated carbocycles. The van der Waals surface area contributed by atoms with Crippen LogP contribution in [-0.2, 0) is 10.0 Å². The van der Waals surface area contributed by atoms with Gasteiger partial charge in [-0.05, 0) is 42.8 Å². The molecule has 4 nitrogen and oxygen atoms in total. The summed E-state index contributed by atoms with van der Waals surface area (Å²) in [5, 5.41) is 9.34. The van der Waals surface area contributed by atoms with Gasteiger partial charge in [0.05, 0.1) is 4.90 Å². The zero-order valence-corrected chi connectivity index (χ0v) is 9.48. The van der Waals surface area contributed by atoms with Crippen molar-refractivity contribution in [2.45, 2.75) is 11.8 Å². The molecule has 0 spiro atoms. The average Bonchev–Trinajstić information content (AvgIpc) is 2.75. The first kappa shape index (κ1) is 10.8. The molecule has 0 unspecified atom stereocenters. The standard InChI is InChI=1S/C11H11NO3S/c1-9-8-10(4-5-11(9)13)16(14,15)12-6-2-3-7-12/h2-8,13H,1H3. The molecule has 2 rings (SSSR count). The summed E-state index contributed by atoms with van der Waals surface area (Å²) in [7, 11) is -3.53. The van der Waals surface area contributed by atoms with E-state index in [4.69, 9.17) is 0 Å². The summed E-state index contributed by atoms with van der Waals surface area (Å²) in [6, 6.07) is 7.50. The van der Waals surface area contributed by atoms with Gasteiger partial charge >= 0.3 is 0 Å². The van der Waals surface area contributed by atoms with E-state index in [9.17, 15) is 13.5 Å². The number of nitrogens with zero attached hydrogens (tertiary/aromatic N) is 1. The lowest BCUT2D eigenvalue weighted by Crippen LogP contribution is -2.10. The van der Waals surface area contributed by atoms with E-state index in [1.807, 2.05) is 0 Å². The number of phenols is 1. The van der Waals surface area contributed by atoms with Crippen LogP contribution in [-0.4, -0.2) is 17.5 Å². The van der Waals surface area contributed by atoms with E-state index in [1.165, 1.54) is 30.6 Å². The predicted molar refractivity (Wildman–Crippen MR) is 59.9 cm³/mol. The number of hydrogen-bond acceptors (Lipinski definition) is 3. The molecule has 1 aromatic heterocycles. The van der Waals surface area contributed by atoms with Gasteiger partial charge in [-0.3, -0.25) is 0 Å². The molecule has 5 heteroatoms. The van der Waals surface area contributed by atoms with E-state index in [-0.39, 0.29) is 10.6 Å². The number of aromatic hydroxyl groups is 1. The van der Waals surface area contributed by atoms with Crippen molar-refractivity contribution in [2.24, 2.45) is 0 Å². The highest BCUT2D eigenvalue weighted by molar-refractivity contribution is 7.90. The molecule has 0 atom stereocenters. The third-order valence-electron chi connectivity index (χ3n) is 2.32. The molecule has 84 valence electrons. The first-order valence-electron chi connectivity index (χ1n) is 4.70. The Hall–Kier alpha value is -1.75. The van der Waals surface area contributed by atoms with Crippen molar-refractivity contribution in [3.63, 3.8) is 0 Å². The minimum atomic E-state index is -3.53. The largest absolute Gasteiger partial charge is 0.508 e. The number of aryl methyl sites for hydroxylation is 1. The van der Waals surface area contributed by atoms with Crippen molar-refractivity contribution < 1.29 is 13.5 Å². The summed E-state index contributed by atoms with van der Waals surface area (Å²) in [4.78, 5) is 0.166. The fourth-order valence-electron chi connectivity index (χ4n) is 1.39. The molecule has 1 aromatic carbocycles. The number of hydrogen-bond donors (Lipinski definition) is 1. The molecular formula is C11H11NO3S. The molecular weight excluding hydrogens is 226 g/mol. The third-order valence-corrected chi connectivity index (χ3v) is 3.97. The molecule has 0 bridgehead atoms. The summed E-state index contributed by atoms with van der Waals surface area (Å²) < 4.78 is 25.2. The van der Waals surface area contributed by atoms with Crippen LogP contribution in [0.4, 0.5) is 0 Å². The molecule has 0 radical (unpaired) electrons. The van der Waals surface area contributed by atoms with Gasteiger partial charge in [0.1, 0.15) is 5.75 Å². The van der Waals surface area contributed by atoms with E-state index >= 15 is 0 Å². The van der Waals surface area contributed by atoms with Gasteiger partial charge in [0.15, 0.2) is 0 Å². The molecule has 16 heavy (non-hydrogen) atoms. The number of phenolic OH excluding ortho intramolecular Hbond substituents is 1. The summed E-state index contributed by atoms with van der Waals surface area (Å²) in [6.07, 6.45) is 2.94. The molecule has 0 fully saturated rings. The van der Waals surface area contributed by atoms with Gasteiger partial charge in [-0.25, -0.2) is 12.4 Å². The monoisotopic (exact) mass is 237 g/mol. The third kappa shape index (κ3) is 1.69. The molecule has 0 amide bonds. The smallest absolute Gasteiger partial charge is 0.267 e. The first-order valence-corrected chi connectivity index (χ1v) is 6.14. The first-order chi connectivity index (χ1) is 7.51. The van der Waals surface area contributed by atoms with Gasteiger partial charge in [-0.1, -0.05) is 0 Å². The molecule has 2 aromatic rings. The van der Waals surface area contributed by atoms with Crippen LogP contribution < -0.4 is 0 Å². The van der Waals surface area contributed by atoms with Crippen LogP contribution in [0.1, 0.15) is 5.56 Å². The molecule has 0 aliphatic rings. The zero-order valence-electron chi connectivity index (χ0n) is 8.66. The number of benzene rings is 1.